The number of methoxy groups -OCH3 is 3. The van der Waals surface area contributed by atoms with E-state index in [4.69, 9.17) is 14.2 Å². The van der Waals surface area contributed by atoms with Gasteiger partial charge in [0.2, 0.25) is 5.75 Å². The van der Waals surface area contributed by atoms with Crippen LogP contribution in [0, 0.1) is 0 Å². The van der Waals surface area contributed by atoms with Crippen LogP contribution in [0.4, 0.5) is 5.82 Å². The quantitative estimate of drug-likeness (QED) is 0.670. The van der Waals surface area contributed by atoms with Crippen molar-refractivity contribution in [3.8, 4) is 17.2 Å². The maximum Gasteiger partial charge on any atom is 0.205 e. The zero-order chi connectivity index (χ0) is 21.1. The molecule has 2 aromatic carbocycles. The van der Waals surface area contributed by atoms with E-state index >= 15 is 0 Å². The molecule has 7 nitrogen and oxygen atoms in total. The number of hydrogen-bond donors (Lipinski definition) is 1. The Balaban J connectivity index is 1.63. The highest BCUT2D eigenvalue weighted by atomic mass is 16.5. The van der Waals surface area contributed by atoms with Crippen LogP contribution in [0.2, 0.25) is 0 Å². The summed E-state index contributed by atoms with van der Waals surface area (Å²) < 4.78 is 16.6. The van der Waals surface area contributed by atoms with Crippen molar-refractivity contribution in [1.82, 2.24) is 9.97 Å². The van der Waals surface area contributed by atoms with Gasteiger partial charge in [-0.15, -0.1) is 0 Å². The van der Waals surface area contributed by atoms with Crippen LogP contribution in [0.3, 0.4) is 0 Å². The van der Waals surface area contributed by atoms with Gasteiger partial charge in [-0.25, -0.2) is 9.97 Å². The number of fused-ring (bicyclic) bond motifs is 1. The lowest BCUT2D eigenvalue weighted by molar-refractivity contribution is 0.0165. The van der Waals surface area contributed by atoms with E-state index in [0.717, 1.165) is 16.8 Å². The smallest absolute Gasteiger partial charge is 0.205 e. The van der Waals surface area contributed by atoms with Gasteiger partial charge in [0.25, 0.3) is 0 Å². The molecule has 0 amide bonds. The number of ether oxygens (including phenoxy) is 3. The summed E-state index contributed by atoms with van der Waals surface area (Å²) in [6.07, 6.45) is 3.53. The number of piperidine rings is 1. The molecule has 3 aromatic rings. The fraction of sp³-hybridized carbons (Fsp3) is 0.391. The van der Waals surface area contributed by atoms with E-state index in [1.807, 2.05) is 24.3 Å². The van der Waals surface area contributed by atoms with Gasteiger partial charge in [0, 0.05) is 19.5 Å². The van der Waals surface area contributed by atoms with E-state index in [0.29, 0.717) is 55.1 Å². The maximum atomic E-state index is 11.1. The monoisotopic (exact) mass is 409 g/mol. The number of rotatable bonds is 6. The predicted molar refractivity (Wildman–Crippen MR) is 116 cm³/mol. The van der Waals surface area contributed by atoms with Crippen molar-refractivity contribution in [3.05, 3.63) is 48.3 Å². The van der Waals surface area contributed by atoms with Crippen LogP contribution in [-0.4, -0.2) is 55.1 Å². The maximum absolute atomic E-state index is 11.1. The number of aliphatic hydroxyl groups is 1. The molecule has 30 heavy (non-hydrogen) atoms. The van der Waals surface area contributed by atoms with Crippen LogP contribution in [-0.2, 0) is 6.42 Å². The molecule has 0 radical (unpaired) electrons. The SMILES string of the molecule is COc1cc2c(N3CCC(O)(Cc4ccccc4)CC3)ncnc2c(OC)c1OC. The first-order chi connectivity index (χ1) is 14.6. The molecule has 1 aliphatic rings. The summed E-state index contributed by atoms with van der Waals surface area (Å²) in [5.74, 6) is 2.40. The molecule has 0 atom stereocenters. The van der Waals surface area contributed by atoms with E-state index in [1.165, 1.54) is 6.33 Å². The molecule has 7 heteroatoms. The normalized spacial score (nSPS) is 15.8. The summed E-state index contributed by atoms with van der Waals surface area (Å²) >= 11 is 0. The lowest BCUT2D eigenvalue weighted by Crippen LogP contribution is -2.46. The number of nitrogens with zero attached hydrogens (tertiary/aromatic N) is 3. The number of hydrogen-bond acceptors (Lipinski definition) is 7. The van der Waals surface area contributed by atoms with E-state index in [2.05, 4.69) is 27.0 Å². The molecule has 1 N–H and O–H groups in total. The molecule has 158 valence electrons. The molecule has 2 heterocycles. The second kappa shape index (κ2) is 8.36. The highest BCUT2D eigenvalue weighted by Crippen LogP contribution is 2.44. The summed E-state index contributed by atoms with van der Waals surface area (Å²) in [5.41, 5.74) is 1.12. The number of anilines is 1. The van der Waals surface area contributed by atoms with Crippen LogP contribution in [0.15, 0.2) is 42.7 Å². The van der Waals surface area contributed by atoms with Crippen LogP contribution in [0.1, 0.15) is 18.4 Å². The fourth-order valence-electron chi connectivity index (χ4n) is 4.19. The van der Waals surface area contributed by atoms with Gasteiger partial charge in [0.15, 0.2) is 11.5 Å². The van der Waals surface area contributed by atoms with Crippen molar-refractivity contribution in [3.63, 3.8) is 0 Å². The summed E-state index contributed by atoms with van der Waals surface area (Å²) in [6.45, 7) is 1.40. The molecule has 0 unspecified atom stereocenters. The van der Waals surface area contributed by atoms with Crippen LogP contribution in [0.25, 0.3) is 10.9 Å². The number of benzene rings is 2. The van der Waals surface area contributed by atoms with Gasteiger partial charge >= 0.3 is 0 Å². The molecular formula is C23H27N3O4. The molecule has 0 bridgehead atoms. The van der Waals surface area contributed by atoms with Gasteiger partial charge in [0.05, 0.1) is 32.3 Å². The molecule has 1 saturated heterocycles. The Hall–Kier alpha value is -3.06. The molecule has 1 fully saturated rings. The minimum atomic E-state index is -0.709. The number of aromatic nitrogens is 2. The highest BCUT2D eigenvalue weighted by Gasteiger charge is 2.33. The summed E-state index contributed by atoms with van der Waals surface area (Å²) in [6, 6.07) is 12.0. The van der Waals surface area contributed by atoms with Crippen molar-refractivity contribution in [2.45, 2.75) is 24.9 Å². The van der Waals surface area contributed by atoms with Crippen molar-refractivity contribution in [2.24, 2.45) is 0 Å². The third-order valence-corrected chi connectivity index (χ3v) is 5.78. The minimum absolute atomic E-state index is 0.507. The van der Waals surface area contributed by atoms with Crippen molar-refractivity contribution < 1.29 is 19.3 Å². The molecule has 1 aromatic heterocycles. The van der Waals surface area contributed by atoms with Crippen LogP contribution < -0.4 is 19.1 Å². The van der Waals surface area contributed by atoms with Gasteiger partial charge in [-0.1, -0.05) is 30.3 Å². The second-order valence-corrected chi connectivity index (χ2v) is 7.61. The van der Waals surface area contributed by atoms with E-state index in [1.54, 1.807) is 21.3 Å². The first kappa shape index (κ1) is 20.2. The highest BCUT2D eigenvalue weighted by molar-refractivity contribution is 5.97. The third kappa shape index (κ3) is 3.73. The summed E-state index contributed by atoms with van der Waals surface area (Å²) in [7, 11) is 4.76. The van der Waals surface area contributed by atoms with E-state index in [9.17, 15) is 5.11 Å². The van der Waals surface area contributed by atoms with Gasteiger partial charge in [-0.3, -0.25) is 0 Å². The molecular weight excluding hydrogens is 382 g/mol. The van der Waals surface area contributed by atoms with Gasteiger partial charge in [-0.2, -0.15) is 0 Å². The van der Waals surface area contributed by atoms with Crippen molar-refractivity contribution >= 4 is 16.7 Å². The first-order valence-electron chi connectivity index (χ1n) is 10.0. The average Bonchev–Trinajstić information content (AvgIpc) is 2.78. The predicted octanol–water partition coefficient (Wildman–Crippen LogP) is 3.23. The Morgan fingerprint density at radius 2 is 1.67 bits per heavy atom. The Bertz CT molecular complexity index is 1020. The molecule has 0 spiro atoms. The minimum Gasteiger partial charge on any atom is -0.493 e. The summed E-state index contributed by atoms with van der Waals surface area (Å²) in [4.78, 5) is 11.2. The first-order valence-corrected chi connectivity index (χ1v) is 10.0. The van der Waals surface area contributed by atoms with E-state index < -0.39 is 5.60 Å². The lowest BCUT2D eigenvalue weighted by atomic mass is 9.85. The zero-order valence-electron chi connectivity index (χ0n) is 17.6. The summed E-state index contributed by atoms with van der Waals surface area (Å²) in [5, 5.41) is 12.0. The molecule has 4 rings (SSSR count). The molecule has 0 aliphatic carbocycles. The molecule has 0 saturated carbocycles. The van der Waals surface area contributed by atoms with Gasteiger partial charge in [0.1, 0.15) is 17.7 Å². The van der Waals surface area contributed by atoms with Crippen LogP contribution in [0.5, 0.6) is 17.2 Å². The average molecular weight is 409 g/mol. The van der Waals surface area contributed by atoms with Crippen molar-refractivity contribution in [2.75, 3.05) is 39.3 Å². The Labute approximate surface area is 176 Å². The largest absolute Gasteiger partial charge is 0.493 e. The Morgan fingerprint density at radius 1 is 0.967 bits per heavy atom. The zero-order valence-corrected chi connectivity index (χ0v) is 17.6. The lowest BCUT2D eigenvalue weighted by Gasteiger charge is -2.39. The van der Waals surface area contributed by atoms with Gasteiger partial charge in [-0.05, 0) is 24.5 Å². The topological polar surface area (TPSA) is 76.9 Å². The van der Waals surface area contributed by atoms with E-state index in [-0.39, 0.29) is 0 Å². The van der Waals surface area contributed by atoms with Crippen molar-refractivity contribution in [1.29, 1.82) is 0 Å². The second-order valence-electron chi connectivity index (χ2n) is 7.61. The molecule has 1 aliphatic heterocycles. The Morgan fingerprint density at radius 3 is 2.30 bits per heavy atom. The third-order valence-electron chi connectivity index (χ3n) is 5.78. The fourth-order valence-corrected chi connectivity index (χ4v) is 4.19. The standard InChI is InChI=1S/C23H27N3O4/c1-28-18-13-17-19(21(30-3)20(18)29-2)24-15-25-22(17)26-11-9-23(27,10-12-26)14-16-7-5-4-6-8-16/h4-8,13,15,27H,9-12,14H2,1-3H3. The Kier molecular flexibility index (Phi) is 5.63. The van der Waals surface area contributed by atoms with Crippen LogP contribution >= 0.6 is 0 Å². The van der Waals surface area contributed by atoms with Gasteiger partial charge < -0.3 is 24.2 Å².